The van der Waals surface area contributed by atoms with Gasteiger partial charge in [0, 0.05) is 28.7 Å². The number of anilines is 1. The molecule has 0 amide bonds. The van der Waals surface area contributed by atoms with E-state index in [0.717, 1.165) is 19.6 Å². The van der Waals surface area contributed by atoms with Crippen LogP contribution in [0.2, 0.25) is 0 Å². The van der Waals surface area contributed by atoms with Gasteiger partial charge in [0.2, 0.25) is 0 Å². The summed E-state index contributed by atoms with van der Waals surface area (Å²) in [5.74, 6) is -1.19. The topological polar surface area (TPSA) is 44.9 Å². The van der Waals surface area contributed by atoms with E-state index in [2.05, 4.69) is 10.9 Å². The molecule has 6 heteroatoms. The maximum Gasteiger partial charge on any atom is 0.333 e. The van der Waals surface area contributed by atoms with Crippen molar-refractivity contribution in [3.63, 3.8) is 0 Å². The molecule has 0 aliphatic heterocycles. The molecule has 2 aromatic heterocycles. The van der Waals surface area contributed by atoms with Crippen molar-refractivity contribution in [3.05, 3.63) is 46.3 Å². The van der Waals surface area contributed by atoms with Gasteiger partial charge in [0.15, 0.2) is 0 Å². The zero-order chi connectivity index (χ0) is 14.7. The summed E-state index contributed by atoms with van der Waals surface area (Å²) >= 11 is 3.16. The van der Waals surface area contributed by atoms with Crippen molar-refractivity contribution in [2.75, 3.05) is 19.0 Å². The van der Waals surface area contributed by atoms with Crippen LogP contribution < -0.4 is 4.90 Å². The van der Waals surface area contributed by atoms with E-state index in [9.17, 15) is 4.79 Å². The average Bonchev–Trinajstić information content (AvgIpc) is 3.04. The lowest BCUT2D eigenvalue weighted by Crippen LogP contribution is -2.05. The number of carboxylic acids is 1. The molecule has 0 bridgehead atoms. The summed E-state index contributed by atoms with van der Waals surface area (Å²) in [4.78, 5) is 18.8. The number of carboxylic acid groups (broad SMARTS) is 1. The van der Waals surface area contributed by atoms with Gasteiger partial charge in [-0.2, -0.15) is 0 Å². The van der Waals surface area contributed by atoms with Crippen LogP contribution in [-0.4, -0.2) is 25.2 Å². The normalized spacial score (nSPS) is 11.2. The van der Waals surface area contributed by atoms with Crippen LogP contribution in [0.1, 0.15) is 4.88 Å². The Kier molecular flexibility index (Phi) is 4.23. The summed E-state index contributed by atoms with van der Waals surface area (Å²) in [7, 11) is 3.99. The van der Waals surface area contributed by atoms with Gasteiger partial charge in [-0.15, -0.1) is 22.7 Å². The quantitative estimate of drug-likeness (QED) is 0.688. The van der Waals surface area contributed by atoms with E-state index >= 15 is 0 Å². The Balaban J connectivity index is 2.29. The number of rotatable bonds is 4. The number of thiophene rings is 2. The van der Waals surface area contributed by atoms with Crippen molar-refractivity contribution in [2.24, 2.45) is 0 Å². The smallest absolute Gasteiger partial charge is 0.333 e. The van der Waals surface area contributed by atoms with E-state index in [1.165, 1.54) is 17.4 Å². The highest BCUT2D eigenvalue weighted by molar-refractivity contribution is 7.24. The van der Waals surface area contributed by atoms with Crippen LogP contribution in [0.4, 0.5) is 5.00 Å². The van der Waals surface area contributed by atoms with Gasteiger partial charge >= 0.3 is 5.97 Å². The molecule has 0 aliphatic rings. The molecule has 0 unspecified atom stereocenters. The van der Waals surface area contributed by atoms with E-state index in [0.29, 0.717) is 0 Å². The molecule has 0 saturated carbocycles. The van der Waals surface area contributed by atoms with Crippen molar-refractivity contribution >= 4 is 39.7 Å². The van der Waals surface area contributed by atoms with Gasteiger partial charge in [-0.25, -0.2) is 4.85 Å². The molecular weight excluding hydrogens is 292 g/mol. The fourth-order valence-corrected chi connectivity index (χ4v) is 3.50. The van der Waals surface area contributed by atoms with Crippen LogP contribution in [0.3, 0.4) is 0 Å². The molecule has 20 heavy (non-hydrogen) atoms. The standard InChI is InChI=1S/C14H12N2O2S2/c1-15-10(14(17)18)8-9-4-5-11(19-9)12-6-7-13(20-12)16(2)3/h4-8H,2-3H3,(H,17,18)/b10-8-. The first-order valence-corrected chi connectivity index (χ1v) is 7.34. The second-order valence-corrected chi connectivity index (χ2v) is 6.36. The van der Waals surface area contributed by atoms with E-state index in [1.54, 1.807) is 11.3 Å². The SMILES string of the molecule is [C-]#[N+]/C(=C\c1ccc(-c2ccc(N(C)C)s2)s1)C(=O)O. The Morgan fingerprint density at radius 3 is 2.45 bits per heavy atom. The molecule has 0 radical (unpaired) electrons. The van der Waals surface area contributed by atoms with E-state index in [-0.39, 0.29) is 5.70 Å². The number of hydrogen-bond donors (Lipinski definition) is 1. The van der Waals surface area contributed by atoms with Crippen molar-refractivity contribution in [1.29, 1.82) is 0 Å². The van der Waals surface area contributed by atoms with Crippen molar-refractivity contribution in [2.45, 2.75) is 0 Å². The van der Waals surface area contributed by atoms with Crippen LogP contribution in [-0.2, 0) is 4.79 Å². The predicted molar refractivity (Wildman–Crippen MR) is 84.2 cm³/mol. The fourth-order valence-electron chi connectivity index (χ4n) is 1.54. The minimum absolute atomic E-state index is 0.265. The highest BCUT2D eigenvalue weighted by Gasteiger charge is 2.10. The lowest BCUT2D eigenvalue weighted by Gasteiger charge is -2.06. The minimum Gasteiger partial charge on any atom is -0.486 e. The molecule has 0 saturated heterocycles. The molecule has 4 nitrogen and oxygen atoms in total. The number of aliphatic carboxylic acids is 1. The fraction of sp³-hybridized carbons (Fsp3) is 0.143. The van der Waals surface area contributed by atoms with Crippen molar-refractivity contribution < 1.29 is 9.90 Å². The minimum atomic E-state index is -1.19. The highest BCUT2D eigenvalue weighted by Crippen LogP contribution is 2.37. The van der Waals surface area contributed by atoms with Crippen molar-refractivity contribution in [3.8, 4) is 9.75 Å². The van der Waals surface area contributed by atoms with Crippen LogP contribution in [0.15, 0.2) is 30.0 Å². The third kappa shape index (κ3) is 3.07. The maximum atomic E-state index is 10.8. The molecule has 102 valence electrons. The maximum absolute atomic E-state index is 10.8. The predicted octanol–water partition coefficient (Wildman–Crippen LogP) is 3.89. The lowest BCUT2D eigenvalue weighted by atomic mass is 10.3. The summed E-state index contributed by atoms with van der Waals surface area (Å²) in [5, 5.41) is 10.0. The first-order valence-electron chi connectivity index (χ1n) is 5.71. The Morgan fingerprint density at radius 2 is 1.90 bits per heavy atom. The van der Waals surface area contributed by atoms with Crippen LogP contribution >= 0.6 is 22.7 Å². The van der Waals surface area contributed by atoms with E-state index < -0.39 is 5.97 Å². The van der Waals surface area contributed by atoms with Gasteiger partial charge in [-0.1, -0.05) is 0 Å². The molecule has 1 N–H and O–H groups in total. The Morgan fingerprint density at radius 1 is 1.25 bits per heavy atom. The first-order chi connectivity index (χ1) is 9.51. The summed E-state index contributed by atoms with van der Waals surface area (Å²) in [6.45, 7) is 6.84. The molecular formula is C14H12N2O2S2. The highest BCUT2D eigenvalue weighted by atomic mass is 32.1. The van der Waals surface area contributed by atoms with Gasteiger partial charge in [-0.3, -0.25) is 4.79 Å². The Labute approximate surface area is 125 Å². The van der Waals surface area contributed by atoms with Crippen LogP contribution in [0.5, 0.6) is 0 Å². The second kappa shape index (κ2) is 5.90. The number of nitrogens with zero attached hydrogens (tertiary/aromatic N) is 2. The summed E-state index contributed by atoms with van der Waals surface area (Å²) < 4.78 is 0. The monoisotopic (exact) mass is 304 g/mol. The molecule has 0 atom stereocenters. The third-order valence-electron chi connectivity index (χ3n) is 2.52. The summed E-state index contributed by atoms with van der Waals surface area (Å²) in [6, 6.07) is 7.89. The Hall–Kier alpha value is -2.10. The van der Waals surface area contributed by atoms with Crippen LogP contribution in [0, 0.1) is 6.57 Å². The molecule has 0 spiro atoms. The van der Waals surface area contributed by atoms with Gasteiger partial charge in [-0.05, 0) is 30.3 Å². The zero-order valence-corrected chi connectivity index (χ0v) is 12.6. The molecule has 2 rings (SSSR count). The third-order valence-corrected chi connectivity index (χ3v) is 5.00. The number of carbonyl (C=O) groups is 1. The lowest BCUT2D eigenvalue weighted by molar-refractivity contribution is -0.132. The van der Waals surface area contributed by atoms with E-state index in [4.69, 9.17) is 11.7 Å². The average molecular weight is 304 g/mol. The van der Waals surface area contributed by atoms with Gasteiger partial charge < -0.3 is 10.0 Å². The van der Waals surface area contributed by atoms with Crippen LogP contribution in [0.25, 0.3) is 20.7 Å². The molecule has 2 heterocycles. The number of hydrogen-bond acceptors (Lipinski definition) is 4. The largest absolute Gasteiger partial charge is 0.486 e. The van der Waals surface area contributed by atoms with Gasteiger partial charge in [0.05, 0.1) is 11.6 Å². The van der Waals surface area contributed by atoms with Crippen molar-refractivity contribution in [1.82, 2.24) is 0 Å². The van der Waals surface area contributed by atoms with Gasteiger partial charge in [0.1, 0.15) is 0 Å². The molecule has 2 aromatic rings. The first kappa shape index (κ1) is 14.3. The molecule has 0 aliphatic carbocycles. The molecule has 0 aromatic carbocycles. The van der Waals surface area contributed by atoms with Gasteiger partial charge in [0.25, 0.3) is 5.70 Å². The zero-order valence-electron chi connectivity index (χ0n) is 11.0. The summed E-state index contributed by atoms with van der Waals surface area (Å²) in [6.07, 6.45) is 1.41. The summed E-state index contributed by atoms with van der Waals surface area (Å²) in [5.41, 5.74) is -0.265. The second-order valence-electron chi connectivity index (χ2n) is 4.18. The van der Waals surface area contributed by atoms with E-state index in [1.807, 2.05) is 37.2 Å². The molecule has 0 fully saturated rings. The Bertz CT molecular complexity index is 705.